The molecule has 1 aliphatic heterocycles. The molecule has 3 amide bonds. The van der Waals surface area contributed by atoms with Crippen LogP contribution in [0.1, 0.15) is 33.6 Å². The Balaban J connectivity index is 1.39. The molecule has 2 N–H and O–H groups in total. The maximum Gasteiger partial charge on any atom is 0.261 e. The number of amides is 3. The molecular formula is C23H26N2O7. The predicted octanol–water partition coefficient (Wildman–Crippen LogP) is 1.64. The van der Waals surface area contributed by atoms with Crippen molar-refractivity contribution in [3.05, 3.63) is 53.6 Å². The first-order chi connectivity index (χ1) is 15.5. The molecule has 9 nitrogen and oxygen atoms in total. The van der Waals surface area contributed by atoms with Crippen LogP contribution in [0.5, 0.6) is 17.2 Å². The number of rotatable bonds is 11. The number of nitrogens with zero attached hydrogens (tertiary/aromatic N) is 1. The summed E-state index contributed by atoms with van der Waals surface area (Å²) in [5, 5.41) is 12.8. The number of methoxy groups -OCH3 is 2. The van der Waals surface area contributed by atoms with Gasteiger partial charge in [0, 0.05) is 19.5 Å². The molecule has 1 unspecified atom stereocenters. The van der Waals surface area contributed by atoms with Crippen LogP contribution in [0.2, 0.25) is 0 Å². The number of aliphatic hydroxyl groups excluding tert-OH is 1. The monoisotopic (exact) mass is 442 g/mol. The molecule has 3 rings (SSSR count). The zero-order valence-electron chi connectivity index (χ0n) is 18.0. The lowest BCUT2D eigenvalue weighted by atomic mass is 10.1. The van der Waals surface area contributed by atoms with E-state index in [1.807, 2.05) is 0 Å². The first-order valence-electron chi connectivity index (χ1n) is 10.2. The number of para-hydroxylation sites is 1. The summed E-state index contributed by atoms with van der Waals surface area (Å²) < 4.78 is 16.1. The third kappa shape index (κ3) is 5.17. The number of carbonyl (C=O) groups is 3. The Labute approximate surface area is 185 Å². The van der Waals surface area contributed by atoms with Gasteiger partial charge in [-0.1, -0.05) is 18.2 Å². The molecule has 0 saturated carbocycles. The second-order valence-electron chi connectivity index (χ2n) is 7.17. The molecule has 0 fully saturated rings. The first kappa shape index (κ1) is 23.1. The zero-order chi connectivity index (χ0) is 23.1. The third-order valence-electron chi connectivity index (χ3n) is 5.00. The molecular weight excluding hydrogens is 416 g/mol. The van der Waals surface area contributed by atoms with Crippen LogP contribution in [-0.4, -0.2) is 67.7 Å². The number of benzene rings is 2. The minimum Gasteiger partial charge on any atom is -0.493 e. The van der Waals surface area contributed by atoms with Gasteiger partial charge >= 0.3 is 0 Å². The lowest BCUT2D eigenvalue weighted by Crippen LogP contribution is -2.36. The molecule has 1 aliphatic rings. The van der Waals surface area contributed by atoms with Gasteiger partial charge in [-0.3, -0.25) is 19.3 Å². The van der Waals surface area contributed by atoms with Gasteiger partial charge in [0.05, 0.1) is 25.3 Å². The van der Waals surface area contributed by atoms with Crippen molar-refractivity contribution in [1.82, 2.24) is 10.2 Å². The van der Waals surface area contributed by atoms with Crippen molar-refractivity contribution in [3.8, 4) is 17.2 Å². The van der Waals surface area contributed by atoms with Crippen LogP contribution in [0.15, 0.2) is 42.5 Å². The molecule has 0 radical (unpaired) electrons. The smallest absolute Gasteiger partial charge is 0.261 e. The van der Waals surface area contributed by atoms with E-state index < -0.39 is 6.10 Å². The van der Waals surface area contributed by atoms with Crippen LogP contribution in [-0.2, 0) is 4.79 Å². The van der Waals surface area contributed by atoms with E-state index in [0.29, 0.717) is 34.8 Å². The van der Waals surface area contributed by atoms with E-state index in [2.05, 4.69) is 5.32 Å². The molecule has 2 aromatic carbocycles. The van der Waals surface area contributed by atoms with Crippen LogP contribution in [0.4, 0.5) is 0 Å². The second-order valence-corrected chi connectivity index (χ2v) is 7.17. The van der Waals surface area contributed by atoms with E-state index in [1.165, 1.54) is 14.2 Å². The normalized spacial score (nSPS) is 13.5. The number of hydrogen-bond acceptors (Lipinski definition) is 7. The minimum absolute atomic E-state index is 0.0106. The van der Waals surface area contributed by atoms with E-state index in [9.17, 15) is 19.5 Å². The van der Waals surface area contributed by atoms with Crippen LogP contribution < -0.4 is 19.5 Å². The van der Waals surface area contributed by atoms with Crippen molar-refractivity contribution >= 4 is 17.7 Å². The maximum atomic E-state index is 12.3. The number of nitrogens with one attached hydrogen (secondary N) is 1. The van der Waals surface area contributed by atoms with Crippen molar-refractivity contribution in [2.75, 3.05) is 33.9 Å². The molecule has 0 spiro atoms. The average molecular weight is 442 g/mol. The summed E-state index contributed by atoms with van der Waals surface area (Å²) in [6.45, 7) is 0.0639. The van der Waals surface area contributed by atoms with Crippen molar-refractivity contribution < 1.29 is 33.7 Å². The summed E-state index contributed by atoms with van der Waals surface area (Å²) in [4.78, 5) is 37.9. The summed E-state index contributed by atoms with van der Waals surface area (Å²) in [6.07, 6.45) is -0.520. The van der Waals surface area contributed by atoms with E-state index in [4.69, 9.17) is 14.2 Å². The lowest BCUT2D eigenvalue weighted by molar-refractivity contribution is -0.121. The summed E-state index contributed by atoms with van der Waals surface area (Å²) in [6, 6.07) is 11.8. The lowest BCUT2D eigenvalue weighted by Gasteiger charge is -2.17. The van der Waals surface area contributed by atoms with Gasteiger partial charge in [0.15, 0.2) is 11.5 Å². The van der Waals surface area contributed by atoms with Crippen LogP contribution in [0, 0.1) is 0 Å². The van der Waals surface area contributed by atoms with Crippen molar-refractivity contribution in [3.63, 3.8) is 0 Å². The number of aliphatic hydroxyl groups is 1. The Bertz CT molecular complexity index is 935. The highest BCUT2D eigenvalue weighted by Crippen LogP contribution is 2.36. The number of ether oxygens (including phenoxy) is 3. The molecule has 0 saturated heterocycles. The van der Waals surface area contributed by atoms with Crippen LogP contribution in [0.3, 0.4) is 0 Å². The van der Waals surface area contributed by atoms with Crippen molar-refractivity contribution in [2.24, 2.45) is 0 Å². The minimum atomic E-state index is -0.954. The summed E-state index contributed by atoms with van der Waals surface area (Å²) in [5.74, 6) is 0.317. The molecule has 32 heavy (non-hydrogen) atoms. The summed E-state index contributed by atoms with van der Waals surface area (Å²) in [5.41, 5.74) is 0.772. The largest absolute Gasteiger partial charge is 0.493 e. The average Bonchev–Trinajstić information content (AvgIpc) is 3.06. The molecule has 0 bridgehead atoms. The van der Waals surface area contributed by atoms with Gasteiger partial charge in [0.1, 0.15) is 12.7 Å². The standard InChI is InChI=1S/C23H26N2O7/c1-30-18-9-5-10-19(31-2)21(18)32-14-15(26)13-24-20(27)11-6-12-25-22(28)16-7-3-4-8-17(16)23(25)29/h3-5,7-10,15,26H,6,11-14H2,1-2H3,(H,24,27). The van der Waals surface area contributed by atoms with E-state index in [0.717, 1.165) is 4.90 Å². The van der Waals surface area contributed by atoms with Crippen molar-refractivity contribution in [1.29, 1.82) is 0 Å². The molecule has 1 heterocycles. The third-order valence-corrected chi connectivity index (χ3v) is 5.00. The number of carbonyl (C=O) groups excluding carboxylic acids is 3. The zero-order valence-corrected chi connectivity index (χ0v) is 18.0. The molecule has 0 aromatic heterocycles. The van der Waals surface area contributed by atoms with Gasteiger partial charge in [-0.25, -0.2) is 0 Å². The maximum absolute atomic E-state index is 12.3. The number of hydrogen-bond donors (Lipinski definition) is 2. The molecule has 2 aromatic rings. The van der Waals surface area contributed by atoms with Gasteiger partial charge < -0.3 is 24.6 Å². The fourth-order valence-corrected chi connectivity index (χ4v) is 3.36. The number of fused-ring (bicyclic) bond motifs is 1. The van der Waals surface area contributed by atoms with Gasteiger partial charge in [-0.05, 0) is 30.7 Å². The summed E-state index contributed by atoms with van der Waals surface area (Å²) in [7, 11) is 3.00. The molecule has 1 atom stereocenters. The quantitative estimate of drug-likeness (QED) is 0.509. The van der Waals surface area contributed by atoms with Crippen LogP contribution >= 0.6 is 0 Å². The van der Waals surface area contributed by atoms with Gasteiger partial charge in [-0.15, -0.1) is 0 Å². The molecule has 9 heteroatoms. The van der Waals surface area contributed by atoms with Crippen LogP contribution in [0.25, 0.3) is 0 Å². The Morgan fingerprint density at radius 2 is 1.59 bits per heavy atom. The van der Waals surface area contributed by atoms with E-state index >= 15 is 0 Å². The predicted molar refractivity (Wildman–Crippen MR) is 115 cm³/mol. The van der Waals surface area contributed by atoms with Gasteiger partial charge in [0.2, 0.25) is 11.7 Å². The summed E-state index contributed by atoms with van der Waals surface area (Å²) >= 11 is 0. The fraction of sp³-hybridized carbons (Fsp3) is 0.348. The van der Waals surface area contributed by atoms with Crippen molar-refractivity contribution in [2.45, 2.75) is 18.9 Å². The highest BCUT2D eigenvalue weighted by Gasteiger charge is 2.34. The first-order valence-corrected chi connectivity index (χ1v) is 10.2. The SMILES string of the molecule is COc1cccc(OC)c1OCC(O)CNC(=O)CCCN1C(=O)c2ccccc2C1=O. The topological polar surface area (TPSA) is 114 Å². The Morgan fingerprint density at radius 3 is 2.16 bits per heavy atom. The van der Waals surface area contributed by atoms with E-state index in [-0.39, 0.29) is 43.8 Å². The molecule has 0 aliphatic carbocycles. The highest BCUT2D eigenvalue weighted by molar-refractivity contribution is 6.21. The van der Waals surface area contributed by atoms with Gasteiger partial charge in [0.25, 0.3) is 11.8 Å². The number of imide groups is 1. The Kier molecular flexibility index (Phi) is 7.67. The fourth-order valence-electron chi connectivity index (χ4n) is 3.36. The molecule has 170 valence electrons. The Morgan fingerprint density at radius 1 is 1.00 bits per heavy atom. The second kappa shape index (κ2) is 10.6. The Hall–Kier alpha value is -3.59. The van der Waals surface area contributed by atoms with E-state index in [1.54, 1.807) is 42.5 Å². The highest BCUT2D eigenvalue weighted by atomic mass is 16.5. The van der Waals surface area contributed by atoms with Gasteiger partial charge in [-0.2, -0.15) is 0 Å².